The fourth-order valence-corrected chi connectivity index (χ4v) is 3.27. The highest BCUT2D eigenvalue weighted by Crippen LogP contribution is 2.17. The summed E-state index contributed by atoms with van der Waals surface area (Å²) < 4.78 is 10.6. The third-order valence-electron chi connectivity index (χ3n) is 4.77. The Bertz CT molecular complexity index is 665. The van der Waals surface area contributed by atoms with Crippen LogP contribution < -0.4 is 15.4 Å². The summed E-state index contributed by atoms with van der Waals surface area (Å²) >= 11 is 0. The van der Waals surface area contributed by atoms with E-state index < -0.39 is 0 Å². The van der Waals surface area contributed by atoms with Gasteiger partial charge in [0.05, 0.1) is 13.4 Å². The molecule has 27 heavy (non-hydrogen) atoms. The fraction of sp³-hybridized carbons (Fsp3) is 0.476. The molecule has 0 amide bonds. The van der Waals surface area contributed by atoms with Crippen molar-refractivity contribution < 1.29 is 9.15 Å². The van der Waals surface area contributed by atoms with Crippen LogP contribution in [0.4, 0.5) is 0 Å². The van der Waals surface area contributed by atoms with Gasteiger partial charge in [-0.15, -0.1) is 24.0 Å². The summed E-state index contributed by atoms with van der Waals surface area (Å²) in [6, 6.07) is 12.7. The van der Waals surface area contributed by atoms with Crippen LogP contribution in [0.15, 0.2) is 52.1 Å². The van der Waals surface area contributed by atoms with Crippen molar-refractivity contribution in [2.75, 3.05) is 20.2 Å². The second-order valence-corrected chi connectivity index (χ2v) is 6.71. The van der Waals surface area contributed by atoms with E-state index in [0.29, 0.717) is 6.04 Å². The van der Waals surface area contributed by atoms with Crippen LogP contribution in [-0.2, 0) is 12.8 Å². The van der Waals surface area contributed by atoms with Gasteiger partial charge in [-0.05, 0) is 49.1 Å². The minimum atomic E-state index is 0. The molecule has 1 aliphatic rings. The number of furan rings is 1. The molecule has 1 aliphatic carbocycles. The molecule has 1 aromatic carbocycles. The molecular weight excluding hydrogens is 453 g/mol. The van der Waals surface area contributed by atoms with Crippen molar-refractivity contribution in [2.24, 2.45) is 4.99 Å². The molecule has 6 heteroatoms. The Morgan fingerprint density at radius 2 is 1.93 bits per heavy atom. The van der Waals surface area contributed by atoms with E-state index in [1.165, 1.54) is 31.2 Å². The molecule has 5 nitrogen and oxygen atoms in total. The SMILES string of the molecule is COc1ccc(CCNC(=NCCc2ccco2)NC2CCCC2)cc1.I. The molecular formula is C21H30IN3O2. The van der Waals surface area contributed by atoms with Crippen LogP contribution in [0.2, 0.25) is 0 Å². The van der Waals surface area contributed by atoms with E-state index in [1.54, 1.807) is 13.4 Å². The Morgan fingerprint density at radius 1 is 1.15 bits per heavy atom. The third kappa shape index (κ3) is 7.44. The van der Waals surface area contributed by atoms with E-state index in [9.17, 15) is 0 Å². The molecule has 1 heterocycles. The van der Waals surface area contributed by atoms with Gasteiger partial charge in [-0.3, -0.25) is 4.99 Å². The number of hydrogen-bond acceptors (Lipinski definition) is 3. The smallest absolute Gasteiger partial charge is 0.191 e. The predicted octanol–water partition coefficient (Wildman–Crippen LogP) is 4.17. The molecule has 0 aliphatic heterocycles. The number of benzene rings is 1. The summed E-state index contributed by atoms with van der Waals surface area (Å²) in [5.41, 5.74) is 1.29. The first kappa shape index (κ1) is 21.6. The largest absolute Gasteiger partial charge is 0.497 e. The summed E-state index contributed by atoms with van der Waals surface area (Å²) in [6.45, 7) is 1.57. The van der Waals surface area contributed by atoms with Gasteiger partial charge in [-0.2, -0.15) is 0 Å². The lowest BCUT2D eigenvalue weighted by molar-refractivity contribution is 0.414. The van der Waals surface area contributed by atoms with Crippen molar-refractivity contribution in [2.45, 2.75) is 44.6 Å². The maximum atomic E-state index is 5.39. The minimum absolute atomic E-state index is 0. The van der Waals surface area contributed by atoms with Crippen LogP contribution in [0, 0.1) is 0 Å². The minimum Gasteiger partial charge on any atom is -0.497 e. The van der Waals surface area contributed by atoms with Crippen molar-refractivity contribution in [1.29, 1.82) is 0 Å². The van der Waals surface area contributed by atoms with Gasteiger partial charge < -0.3 is 19.8 Å². The Labute approximate surface area is 179 Å². The van der Waals surface area contributed by atoms with E-state index in [4.69, 9.17) is 14.1 Å². The third-order valence-corrected chi connectivity index (χ3v) is 4.77. The molecule has 1 saturated carbocycles. The van der Waals surface area contributed by atoms with Crippen molar-refractivity contribution >= 4 is 29.9 Å². The molecule has 0 spiro atoms. The summed E-state index contributed by atoms with van der Waals surface area (Å²) in [7, 11) is 1.69. The fourth-order valence-electron chi connectivity index (χ4n) is 3.27. The maximum Gasteiger partial charge on any atom is 0.191 e. The molecule has 2 N–H and O–H groups in total. The second-order valence-electron chi connectivity index (χ2n) is 6.71. The van der Waals surface area contributed by atoms with Gasteiger partial charge in [0, 0.05) is 25.6 Å². The molecule has 3 rings (SSSR count). The van der Waals surface area contributed by atoms with Crippen LogP contribution in [0.1, 0.15) is 37.0 Å². The van der Waals surface area contributed by atoms with Crippen LogP contribution in [0.5, 0.6) is 5.75 Å². The number of ether oxygens (including phenoxy) is 1. The van der Waals surface area contributed by atoms with E-state index in [0.717, 1.165) is 43.4 Å². The zero-order valence-electron chi connectivity index (χ0n) is 15.9. The zero-order chi connectivity index (χ0) is 18.0. The Balaban J connectivity index is 0.00000261. The van der Waals surface area contributed by atoms with Crippen LogP contribution in [0.25, 0.3) is 0 Å². The first-order chi connectivity index (χ1) is 12.8. The lowest BCUT2D eigenvalue weighted by Gasteiger charge is -2.17. The lowest BCUT2D eigenvalue weighted by Crippen LogP contribution is -2.43. The number of guanidine groups is 1. The molecule has 1 fully saturated rings. The Kier molecular flexibility index (Phi) is 9.52. The molecule has 2 aromatic rings. The van der Waals surface area contributed by atoms with Crippen LogP contribution in [-0.4, -0.2) is 32.2 Å². The number of hydrogen-bond donors (Lipinski definition) is 2. The highest BCUT2D eigenvalue weighted by atomic mass is 127. The molecule has 0 radical (unpaired) electrons. The molecule has 0 bridgehead atoms. The van der Waals surface area contributed by atoms with Gasteiger partial charge in [-0.25, -0.2) is 0 Å². The van der Waals surface area contributed by atoms with Crippen LogP contribution >= 0.6 is 24.0 Å². The average Bonchev–Trinajstić information content (AvgIpc) is 3.36. The predicted molar refractivity (Wildman–Crippen MR) is 120 cm³/mol. The summed E-state index contributed by atoms with van der Waals surface area (Å²) in [5.74, 6) is 2.79. The van der Waals surface area contributed by atoms with E-state index in [2.05, 4.69) is 22.8 Å². The Hall–Kier alpha value is -1.70. The number of methoxy groups -OCH3 is 1. The Morgan fingerprint density at radius 3 is 2.59 bits per heavy atom. The van der Waals surface area contributed by atoms with Gasteiger partial charge in [0.1, 0.15) is 11.5 Å². The first-order valence-corrected chi connectivity index (χ1v) is 9.53. The highest BCUT2D eigenvalue weighted by Gasteiger charge is 2.16. The second kappa shape index (κ2) is 11.9. The van der Waals surface area contributed by atoms with E-state index in [1.807, 2.05) is 24.3 Å². The number of aliphatic imine (C=N–C) groups is 1. The van der Waals surface area contributed by atoms with Gasteiger partial charge in [0.2, 0.25) is 0 Å². The molecule has 148 valence electrons. The number of halogens is 1. The molecule has 0 unspecified atom stereocenters. The van der Waals surface area contributed by atoms with Gasteiger partial charge in [0.25, 0.3) is 0 Å². The molecule has 1 aromatic heterocycles. The van der Waals surface area contributed by atoms with E-state index >= 15 is 0 Å². The van der Waals surface area contributed by atoms with Crippen LogP contribution in [0.3, 0.4) is 0 Å². The number of nitrogens with zero attached hydrogens (tertiary/aromatic N) is 1. The van der Waals surface area contributed by atoms with Crippen molar-refractivity contribution in [3.63, 3.8) is 0 Å². The number of nitrogens with one attached hydrogen (secondary N) is 2. The van der Waals surface area contributed by atoms with Gasteiger partial charge in [-0.1, -0.05) is 25.0 Å². The van der Waals surface area contributed by atoms with Crippen molar-refractivity contribution in [3.05, 3.63) is 54.0 Å². The number of rotatable bonds is 8. The van der Waals surface area contributed by atoms with Crippen molar-refractivity contribution in [3.8, 4) is 5.75 Å². The summed E-state index contributed by atoms with van der Waals surface area (Å²) in [6.07, 6.45) is 8.57. The maximum absolute atomic E-state index is 5.39. The summed E-state index contributed by atoms with van der Waals surface area (Å²) in [4.78, 5) is 4.74. The summed E-state index contributed by atoms with van der Waals surface area (Å²) in [5, 5.41) is 7.07. The van der Waals surface area contributed by atoms with Crippen molar-refractivity contribution in [1.82, 2.24) is 10.6 Å². The topological polar surface area (TPSA) is 58.8 Å². The first-order valence-electron chi connectivity index (χ1n) is 9.53. The molecule has 0 saturated heterocycles. The van der Waals surface area contributed by atoms with Gasteiger partial charge in [0.15, 0.2) is 5.96 Å². The highest BCUT2D eigenvalue weighted by molar-refractivity contribution is 14.0. The monoisotopic (exact) mass is 483 g/mol. The normalized spacial score (nSPS) is 14.6. The average molecular weight is 483 g/mol. The standard InChI is InChI=1S/C21H29N3O2.HI/c1-25-19-10-8-17(9-11-19)12-14-22-21(24-18-5-2-3-6-18)23-15-13-20-7-4-16-26-20;/h4,7-11,16,18H,2-3,5-6,12-15H2,1H3,(H2,22,23,24);1H. The lowest BCUT2D eigenvalue weighted by atomic mass is 10.1. The van der Waals surface area contributed by atoms with E-state index in [-0.39, 0.29) is 24.0 Å². The quantitative estimate of drug-likeness (QED) is 0.336. The molecule has 0 atom stereocenters. The zero-order valence-corrected chi connectivity index (χ0v) is 18.3. The van der Waals surface area contributed by atoms with Gasteiger partial charge >= 0.3 is 0 Å².